The normalized spacial score (nSPS) is 10.4. The van der Waals surface area contributed by atoms with Crippen molar-refractivity contribution in [2.75, 3.05) is 13.7 Å². The first-order chi connectivity index (χ1) is 10.9. The molecule has 0 amide bonds. The molecular weight excluding hydrogens is 325 g/mol. The summed E-state index contributed by atoms with van der Waals surface area (Å²) in [4.78, 5) is 35.0. The van der Waals surface area contributed by atoms with Crippen molar-refractivity contribution in [1.82, 2.24) is 4.57 Å². The molecule has 0 N–H and O–H groups in total. The second-order valence-corrected chi connectivity index (χ2v) is 5.48. The highest BCUT2D eigenvalue weighted by Crippen LogP contribution is 2.19. The molecule has 0 fully saturated rings. The fourth-order valence-corrected chi connectivity index (χ4v) is 2.63. The Kier molecular flexibility index (Phi) is 5.28. The molecule has 0 aliphatic rings. The summed E-state index contributed by atoms with van der Waals surface area (Å²) in [5.41, 5.74) is 0.624. The monoisotopic (exact) mass is 339 g/mol. The molecule has 8 heteroatoms. The van der Waals surface area contributed by atoms with Gasteiger partial charge in [0, 0.05) is 11.1 Å². The number of aryl methyl sites for hydroxylation is 1. The molecule has 0 aliphatic heterocycles. The lowest BCUT2D eigenvalue weighted by Crippen LogP contribution is -2.24. The topological polar surface area (TPSA) is 74.6 Å². The summed E-state index contributed by atoms with van der Waals surface area (Å²) in [6.07, 6.45) is 0. The van der Waals surface area contributed by atoms with Gasteiger partial charge in [-0.1, -0.05) is 11.3 Å². The predicted molar refractivity (Wildman–Crippen MR) is 81.6 cm³/mol. The minimum Gasteiger partial charge on any atom is -0.496 e. The molecule has 6 nitrogen and oxygen atoms in total. The first kappa shape index (κ1) is 16.9. The summed E-state index contributed by atoms with van der Waals surface area (Å²) in [5, 5.41) is 1.62. The third-order valence-electron chi connectivity index (χ3n) is 3.09. The highest BCUT2D eigenvalue weighted by atomic mass is 32.1. The maximum absolute atomic E-state index is 13.2. The smallest absolute Gasteiger partial charge is 0.326 e. The molecule has 0 atom stereocenters. The number of methoxy groups -OCH3 is 1. The van der Waals surface area contributed by atoms with Crippen LogP contribution in [0.25, 0.3) is 0 Å². The first-order valence-corrected chi connectivity index (χ1v) is 7.47. The molecule has 1 heterocycles. The van der Waals surface area contributed by atoms with Crippen LogP contribution in [-0.4, -0.2) is 30.0 Å². The van der Waals surface area contributed by atoms with Gasteiger partial charge in [0.05, 0.1) is 12.7 Å². The highest BCUT2D eigenvalue weighted by Gasteiger charge is 2.16. The number of halogens is 1. The van der Waals surface area contributed by atoms with Crippen molar-refractivity contribution in [2.45, 2.75) is 13.5 Å². The van der Waals surface area contributed by atoms with Gasteiger partial charge < -0.3 is 9.47 Å². The number of aromatic nitrogens is 1. The molecule has 0 unspecified atom stereocenters. The second kappa shape index (κ2) is 7.19. The lowest BCUT2D eigenvalue weighted by Gasteiger charge is -2.09. The molecule has 0 saturated heterocycles. The molecule has 2 aromatic rings. The maximum atomic E-state index is 13.2. The SMILES string of the molecule is COc1ccc(F)cc1C(=O)COC(=O)Cn1c(C)csc1=O. The standard InChI is InChI=1S/C15H14FNO5S/c1-9-8-23-15(20)17(9)6-14(19)22-7-12(18)11-5-10(16)3-4-13(11)21-2/h3-5,8H,6-7H2,1-2H3. The van der Waals surface area contributed by atoms with Crippen LogP contribution in [0.4, 0.5) is 4.39 Å². The largest absolute Gasteiger partial charge is 0.496 e. The van der Waals surface area contributed by atoms with Crippen LogP contribution in [0.1, 0.15) is 16.1 Å². The third kappa shape index (κ3) is 4.04. The summed E-state index contributed by atoms with van der Waals surface area (Å²) in [5.74, 6) is -1.72. The van der Waals surface area contributed by atoms with Gasteiger partial charge in [0.1, 0.15) is 18.1 Å². The van der Waals surface area contributed by atoms with Gasteiger partial charge in [0.25, 0.3) is 0 Å². The van der Waals surface area contributed by atoms with E-state index >= 15 is 0 Å². The van der Waals surface area contributed by atoms with Gasteiger partial charge >= 0.3 is 10.8 Å². The molecule has 122 valence electrons. The van der Waals surface area contributed by atoms with Gasteiger partial charge in [-0.2, -0.15) is 0 Å². The van der Waals surface area contributed by atoms with E-state index in [0.717, 1.165) is 23.5 Å². The number of Topliss-reactive ketones (excluding diaryl/α,β-unsaturated/α-hetero) is 1. The minimum absolute atomic E-state index is 0.0100. The summed E-state index contributed by atoms with van der Waals surface area (Å²) in [6.45, 7) is 0.853. The number of nitrogens with zero attached hydrogens (tertiary/aromatic N) is 1. The number of rotatable bonds is 6. The molecule has 0 saturated carbocycles. The van der Waals surface area contributed by atoms with Gasteiger partial charge in [-0.15, -0.1) is 0 Å². The molecule has 1 aromatic carbocycles. The summed E-state index contributed by atoms with van der Waals surface area (Å²) in [6, 6.07) is 3.49. The van der Waals surface area contributed by atoms with Crippen molar-refractivity contribution < 1.29 is 23.5 Å². The number of ketones is 1. The molecule has 1 aromatic heterocycles. The van der Waals surface area contributed by atoms with Crippen LogP contribution < -0.4 is 9.61 Å². The lowest BCUT2D eigenvalue weighted by atomic mass is 10.1. The quantitative estimate of drug-likeness (QED) is 0.592. The van der Waals surface area contributed by atoms with E-state index in [0.29, 0.717) is 5.69 Å². The fraction of sp³-hybridized carbons (Fsp3) is 0.267. The van der Waals surface area contributed by atoms with E-state index in [-0.39, 0.29) is 22.7 Å². The zero-order chi connectivity index (χ0) is 17.0. The van der Waals surface area contributed by atoms with Crippen molar-refractivity contribution in [2.24, 2.45) is 0 Å². The Morgan fingerprint density at radius 3 is 2.70 bits per heavy atom. The molecule has 0 spiro atoms. The summed E-state index contributed by atoms with van der Waals surface area (Å²) in [7, 11) is 1.35. The van der Waals surface area contributed by atoms with Crippen LogP contribution in [0, 0.1) is 12.7 Å². The van der Waals surface area contributed by atoms with Crippen LogP contribution in [0.2, 0.25) is 0 Å². The molecule has 0 bridgehead atoms. The van der Waals surface area contributed by atoms with Crippen LogP contribution >= 0.6 is 11.3 Å². The summed E-state index contributed by atoms with van der Waals surface area (Å²) < 4.78 is 24.3. The Hall–Kier alpha value is -2.48. The predicted octanol–water partition coefficient (Wildman–Crippen LogP) is 1.79. The van der Waals surface area contributed by atoms with E-state index in [1.54, 1.807) is 12.3 Å². The lowest BCUT2D eigenvalue weighted by molar-refractivity contribution is -0.143. The van der Waals surface area contributed by atoms with E-state index in [2.05, 4.69) is 0 Å². The molecule has 0 aliphatic carbocycles. The Morgan fingerprint density at radius 2 is 2.09 bits per heavy atom. The minimum atomic E-state index is -0.725. The average molecular weight is 339 g/mol. The number of ether oxygens (including phenoxy) is 2. The van der Waals surface area contributed by atoms with Gasteiger partial charge in [0.2, 0.25) is 5.78 Å². The Labute approximate surface area is 135 Å². The Bertz CT molecular complexity index is 795. The van der Waals surface area contributed by atoms with E-state index in [9.17, 15) is 18.8 Å². The van der Waals surface area contributed by atoms with Crippen molar-refractivity contribution in [1.29, 1.82) is 0 Å². The number of hydrogen-bond acceptors (Lipinski definition) is 6. The van der Waals surface area contributed by atoms with Crippen LogP contribution in [0.3, 0.4) is 0 Å². The van der Waals surface area contributed by atoms with E-state index < -0.39 is 24.2 Å². The zero-order valence-corrected chi connectivity index (χ0v) is 13.3. The van der Waals surface area contributed by atoms with Crippen molar-refractivity contribution >= 4 is 23.1 Å². The molecule has 23 heavy (non-hydrogen) atoms. The highest BCUT2D eigenvalue weighted by molar-refractivity contribution is 7.07. The van der Waals surface area contributed by atoms with Gasteiger partial charge in [0.15, 0.2) is 6.61 Å². The second-order valence-electron chi connectivity index (χ2n) is 4.66. The maximum Gasteiger partial charge on any atom is 0.326 e. The molecule has 2 rings (SSSR count). The van der Waals surface area contributed by atoms with Gasteiger partial charge in [-0.05, 0) is 25.1 Å². The first-order valence-electron chi connectivity index (χ1n) is 6.59. The molecular formula is C15H14FNO5S. The molecule has 0 radical (unpaired) electrons. The Balaban J connectivity index is 2.01. The number of hydrogen-bond donors (Lipinski definition) is 0. The van der Waals surface area contributed by atoms with Crippen molar-refractivity contribution in [3.63, 3.8) is 0 Å². The fourth-order valence-electron chi connectivity index (χ4n) is 1.89. The third-order valence-corrected chi connectivity index (χ3v) is 3.97. The summed E-state index contributed by atoms with van der Waals surface area (Å²) >= 11 is 0.975. The van der Waals surface area contributed by atoms with Gasteiger partial charge in [-0.3, -0.25) is 19.0 Å². The number of thiazole rings is 1. The van der Waals surface area contributed by atoms with E-state index in [1.807, 2.05) is 0 Å². The van der Waals surface area contributed by atoms with Gasteiger partial charge in [-0.25, -0.2) is 4.39 Å². The zero-order valence-electron chi connectivity index (χ0n) is 12.5. The van der Waals surface area contributed by atoms with Crippen molar-refractivity contribution in [3.05, 3.63) is 50.3 Å². The number of benzene rings is 1. The van der Waals surface area contributed by atoms with Crippen molar-refractivity contribution in [3.8, 4) is 5.75 Å². The van der Waals surface area contributed by atoms with Crippen LogP contribution in [0.5, 0.6) is 5.75 Å². The van der Waals surface area contributed by atoms with E-state index in [1.165, 1.54) is 17.7 Å². The number of carbonyl (C=O) groups is 2. The van der Waals surface area contributed by atoms with Crippen LogP contribution in [-0.2, 0) is 16.1 Å². The average Bonchev–Trinajstić information content (AvgIpc) is 2.84. The van der Waals surface area contributed by atoms with E-state index in [4.69, 9.17) is 9.47 Å². The van der Waals surface area contributed by atoms with Crippen LogP contribution in [0.15, 0.2) is 28.4 Å². The Morgan fingerprint density at radius 1 is 1.35 bits per heavy atom. The number of carbonyl (C=O) groups excluding carboxylic acids is 2. The number of esters is 1.